The van der Waals surface area contributed by atoms with Crippen LogP contribution >= 0.6 is 11.8 Å². The van der Waals surface area contributed by atoms with Crippen molar-refractivity contribution in [3.05, 3.63) is 64.2 Å². The van der Waals surface area contributed by atoms with Crippen LogP contribution in [0.15, 0.2) is 36.4 Å². The van der Waals surface area contributed by atoms with E-state index in [0.717, 1.165) is 39.9 Å². The van der Waals surface area contributed by atoms with Crippen LogP contribution in [0, 0.1) is 33.6 Å². The molecule has 2 aromatic carbocycles. The lowest BCUT2D eigenvalue weighted by Crippen LogP contribution is -2.53. The standard InChI is InChI=1S/C32H45N3O4S/c1-19-13-14-20(2)24(17-19)28(29(36)34-27-21(3)11-10-12-22(27)4)35(26-18-23(26)5)30(37)25(15-16-40-9)33-31(38)39-32(6,7)8/h10-14,17,23,25-26,28H,15-16,18H2,1-9H3,(H,33,38)(H,34,36). The number of amides is 3. The van der Waals surface area contributed by atoms with E-state index in [2.05, 4.69) is 17.6 Å². The third kappa shape index (κ3) is 8.03. The highest BCUT2D eigenvalue weighted by Gasteiger charge is 2.48. The summed E-state index contributed by atoms with van der Waals surface area (Å²) in [5.74, 6) is 0.381. The maximum Gasteiger partial charge on any atom is 0.408 e. The number of carbonyl (C=O) groups excluding carboxylic acids is 3. The number of carbonyl (C=O) groups is 3. The van der Waals surface area contributed by atoms with E-state index in [0.29, 0.717) is 12.2 Å². The molecule has 2 aromatic rings. The monoisotopic (exact) mass is 567 g/mol. The van der Waals surface area contributed by atoms with Gasteiger partial charge in [0.15, 0.2) is 0 Å². The summed E-state index contributed by atoms with van der Waals surface area (Å²) < 4.78 is 5.50. The third-order valence-corrected chi connectivity index (χ3v) is 7.91. The van der Waals surface area contributed by atoms with E-state index >= 15 is 0 Å². The Kier molecular flexibility index (Phi) is 10.3. The zero-order valence-corrected chi connectivity index (χ0v) is 26.2. The molecule has 0 aromatic heterocycles. The maximum atomic E-state index is 14.4. The third-order valence-electron chi connectivity index (χ3n) is 7.26. The molecule has 1 saturated carbocycles. The molecule has 218 valence electrons. The molecule has 0 spiro atoms. The molecule has 0 saturated heterocycles. The summed E-state index contributed by atoms with van der Waals surface area (Å²) in [5, 5.41) is 5.99. The highest BCUT2D eigenvalue weighted by molar-refractivity contribution is 7.98. The fourth-order valence-corrected chi connectivity index (χ4v) is 5.44. The van der Waals surface area contributed by atoms with Gasteiger partial charge in [-0.25, -0.2) is 4.79 Å². The van der Waals surface area contributed by atoms with Crippen molar-refractivity contribution in [2.45, 2.75) is 92.0 Å². The van der Waals surface area contributed by atoms with Crippen LogP contribution in [0.4, 0.5) is 10.5 Å². The highest BCUT2D eigenvalue weighted by atomic mass is 32.2. The number of hydrogen-bond acceptors (Lipinski definition) is 5. The molecule has 0 radical (unpaired) electrons. The molecule has 1 fully saturated rings. The average Bonchev–Trinajstić information content (AvgIpc) is 3.58. The SMILES string of the molecule is CSCCC(NC(=O)OC(C)(C)C)C(=O)N(C(C(=O)Nc1c(C)cccc1C)c1cc(C)ccc1C)C1CC1C. The number of nitrogens with zero attached hydrogens (tertiary/aromatic N) is 1. The number of aryl methyl sites for hydroxylation is 4. The van der Waals surface area contributed by atoms with Crippen molar-refractivity contribution in [1.29, 1.82) is 0 Å². The number of nitrogens with one attached hydrogen (secondary N) is 2. The van der Waals surface area contributed by atoms with Gasteiger partial charge in [-0.1, -0.05) is 48.9 Å². The lowest BCUT2D eigenvalue weighted by Gasteiger charge is -2.36. The molecule has 4 unspecified atom stereocenters. The summed E-state index contributed by atoms with van der Waals surface area (Å²) in [5.41, 5.74) is 4.69. The number of hydrogen-bond donors (Lipinski definition) is 2. The van der Waals surface area contributed by atoms with Gasteiger partial charge in [0.1, 0.15) is 17.7 Å². The van der Waals surface area contributed by atoms with Crippen molar-refractivity contribution in [1.82, 2.24) is 10.2 Å². The van der Waals surface area contributed by atoms with E-state index in [9.17, 15) is 14.4 Å². The Morgan fingerprint density at radius 2 is 1.68 bits per heavy atom. The van der Waals surface area contributed by atoms with Gasteiger partial charge in [-0.3, -0.25) is 9.59 Å². The summed E-state index contributed by atoms with van der Waals surface area (Å²) >= 11 is 1.60. The second-order valence-electron chi connectivity index (χ2n) is 12.0. The Morgan fingerprint density at radius 3 is 2.23 bits per heavy atom. The van der Waals surface area contributed by atoms with Crippen LogP contribution in [0.1, 0.15) is 74.4 Å². The van der Waals surface area contributed by atoms with E-state index in [4.69, 9.17) is 4.74 Å². The summed E-state index contributed by atoms with van der Waals surface area (Å²) in [4.78, 5) is 43.3. The first-order chi connectivity index (χ1) is 18.7. The second-order valence-corrected chi connectivity index (χ2v) is 13.0. The fourth-order valence-electron chi connectivity index (χ4n) is 4.97. The van der Waals surface area contributed by atoms with E-state index in [-0.39, 0.29) is 23.8 Å². The van der Waals surface area contributed by atoms with Crippen LogP contribution in [-0.4, -0.2) is 52.5 Å². The molecule has 4 atom stereocenters. The number of benzene rings is 2. The minimum absolute atomic E-state index is 0.113. The van der Waals surface area contributed by atoms with Gasteiger partial charge in [-0.05, 0) is 101 Å². The number of thioether (sulfide) groups is 1. The molecule has 0 bridgehead atoms. The Hall–Kier alpha value is -3.00. The molecular formula is C32H45N3O4S. The Labute approximate surface area is 243 Å². The molecule has 1 aliphatic rings. The summed E-state index contributed by atoms with van der Waals surface area (Å²) in [6.45, 7) is 15.3. The minimum Gasteiger partial charge on any atom is -0.444 e. The largest absolute Gasteiger partial charge is 0.444 e. The molecule has 0 aliphatic heterocycles. The summed E-state index contributed by atoms with van der Waals surface area (Å²) in [6.07, 6.45) is 2.55. The topological polar surface area (TPSA) is 87.7 Å². The molecular weight excluding hydrogens is 522 g/mol. The van der Waals surface area contributed by atoms with Gasteiger partial charge < -0.3 is 20.3 Å². The smallest absolute Gasteiger partial charge is 0.408 e. The van der Waals surface area contributed by atoms with Gasteiger partial charge in [0.05, 0.1) is 0 Å². The zero-order valence-electron chi connectivity index (χ0n) is 25.4. The fraction of sp³-hybridized carbons (Fsp3) is 0.531. The minimum atomic E-state index is -0.862. The lowest BCUT2D eigenvalue weighted by atomic mass is 9.95. The van der Waals surface area contributed by atoms with Crippen molar-refractivity contribution in [2.24, 2.45) is 5.92 Å². The number of rotatable bonds is 10. The molecule has 7 nitrogen and oxygen atoms in total. The number of alkyl carbamates (subject to hydrolysis) is 1. The van der Waals surface area contributed by atoms with Crippen molar-refractivity contribution < 1.29 is 19.1 Å². The van der Waals surface area contributed by atoms with Gasteiger partial charge in [0, 0.05) is 11.7 Å². The number of para-hydroxylation sites is 1. The van der Waals surface area contributed by atoms with Crippen molar-refractivity contribution >= 4 is 35.4 Å². The van der Waals surface area contributed by atoms with E-state index in [1.807, 2.05) is 70.3 Å². The van der Waals surface area contributed by atoms with Crippen LogP contribution in [0.3, 0.4) is 0 Å². The molecule has 8 heteroatoms. The maximum absolute atomic E-state index is 14.4. The van der Waals surface area contributed by atoms with Crippen molar-refractivity contribution in [3.8, 4) is 0 Å². The van der Waals surface area contributed by atoms with Gasteiger partial charge in [-0.15, -0.1) is 0 Å². The van der Waals surface area contributed by atoms with Crippen LogP contribution in [0.5, 0.6) is 0 Å². The number of ether oxygens (including phenoxy) is 1. The van der Waals surface area contributed by atoms with Crippen LogP contribution < -0.4 is 10.6 Å². The highest BCUT2D eigenvalue weighted by Crippen LogP contribution is 2.42. The summed E-state index contributed by atoms with van der Waals surface area (Å²) in [6, 6.07) is 10.1. The average molecular weight is 568 g/mol. The second kappa shape index (κ2) is 13.1. The van der Waals surface area contributed by atoms with Gasteiger partial charge in [-0.2, -0.15) is 11.8 Å². The number of anilines is 1. The Bertz CT molecular complexity index is 1220. The molecule has 1 aliphatic carbocycles. The van der Waals surface area contributed by atoms with Crippen LogP contribution in [0.25, 0.3) is 0 Å². The van der Waals surface area contributed by atoms with Gasteiger partial charge >= 0.3 is 6.09 Å². The van der Waals surface area contributed by atoms with Gasteiger partial charge in [0.2, 0.25) is 5.91 Å². The Balaban J connectivity index is 2.09. The van der Waals surface area contributed by atoms with E-state index < -0.39 is 23.8 Å². The van der Waals surface area contributed by atoms with Gasteiger partial charge in [0.25, 0.3) is 5.91 Å². The molecule has 40 heavy (non-hydrogen) atoms. The van der Waals surface area contributed by atoms with E-state index in [1.165, 1.54) is 0 Å². The summed E-state index contributed by atoms with van der Waals surface area (Å²) in [7, 11) is 0. The Morgan fingerprint density at radius 1 is 1.05 bits per heavy atom. The van der Waals surface area contributed by atoms with Crippen molar-refractivity contribution in [3.63, 3.8) is 0 Å². The molecule has 0 heterocycles. The lowest BCUT2D eigenvalue weighted by molar-refractivity contribution is -0.141. The van der Waals surface area contributed by atoms with Crippen molar-refractivity contribution in [2.75, 3.05) is 17.3 Å². The zero-order chi connectivity index (χ0) is 29.8. The molecule has 3 amide bonds. The first-order valence-electron chi connectivity index (χ1n) is 14.0. The molecule has 3 rings (SSSR count). The predicted molar refractivity (Wildman–Crippen MR) is 164 cm³/mol. The van der Waals surface area contributed by atoms with E-state index in [1.54, 1.807) is 37.4 Å². The normalized spacial score (nSPS) is 17.9. The molecule has 2 N–H and O–H groups in total. The van der Waals surface area contributed by atoms with Crippen LogP contribution in [-0.2, 0) is 14.3 Å². The predicted octanol–water partition coefficient (Wildman–Crippen LogP) is 6.48. The quantitative estimate of drug-likeness (QED) is 0.343. The first kappa shape index (κ1) is 31.5. The van der Waals surface area contributed by atoms with Crippen LogP contribution in [0.2, 0.25) is 0 Å². The first-order valence-corrected chi connectivity index (χ1v) is 15.4.